The summed E-state index contributed by atoms with van der Waals surface area (Å²) in [6.45, 7) is 5.13. The van der Waals surface area contributed by atoms with Gasteiger partial charge in [-0.25, -0.2) is 0 Å². The van der Waals surface area contributed by atoms with Crippen LogP contribution >= 0.6 is 0 Å². The first kappa shape index (κ1) is 19.1. The molecule has 0 saturated carbocycles. The van der Waals surface area contributed by atoms with E-state index in [2.05, 4.69) is 56.3 Å². The number of aliphatic carboxylic acids is 1. The molecule has 1 N–H and O–H groups in total. The Bertz CT molecular complexity index is 1030. The highest BCUT2D eigenvalue weighted by Gasteiger charge is 2.26. The van der Waals surface area contributed by atoms with Crippen molar-refractivity contribution in [3.8, 4) is 22.6 Å². The van der Waals surface area contributed by atoms with E-state index in [1.54, 1.807) is 0 Å². The van der Waals surface area contributed by atoms with Gasteiger partial charge >= 0.3 is 5.97 Å². The van der Waals surface area contributed by atoms with Crippen LogP contribution in [0.4, 0.5) is 0 Å². The van der Waals surface area contributed by atoms with Gasteiger partial charge in [-0.15, -0.1) is 0 Å². The summed E-state index contributed by atoms with van der Waals surface area (Å²) in [4.78, 5) is 11.0. The maximum Gasteiger partial charge on any atom is 0.304 e. The third kappa shape index (κ3) is 4.11. The molecular weight excluding hydrogens is 364 g/mol. The smallest absolute Gasteiger partial charge is 0.304 e. The third-order valence-electron chi connectivity index (χ3n) is 5.39. The van der Waals surface area contributed by atoms with E-state index in [-0.39, 0.29) is 12.3 Å². The van der Waals surface area contributed by atoms with Crippen LogP contribution in [0.5, 0.6) is 11.5 Å². The van der Waals surface area contributed by atoms with Gasteiger partial charge in [0, 0.05) is 17.5 Å². The van der Waals surface area contributed by atoms with Crippen LogP contribution in [0.15, 0.2) is 60.7 Å². The molecule has 0 aliphatic carbocycles. The Morgan fingerprint density at radius 1 is 1.07 bits per heavy atom. The van der Waals surface area contributed by atoms with Crippen LogP contribution in [-0.2, 0) is 11.4 Å². The number of hydrogen-bond acceptors (Lipinski definition) is 3. The molecule has 0 fully saturated rings. The van der Waals surface area contributed by atoms with Gasteiger partial charge in [-0.2, -0.15) is 0 Å². The van der Waals surface area contributed by atoms with Crippen molar-refractivity contribution in [3.63, 3.8) is 0 Å². The molecule has 0 amide bonds. The van der Waals surface area contributed by atoms with Gasteiger partial charge in [0.15, 0.2) is 0 Å². The second kappa shape index (κ2) is 8.00. The van der Waals surface area contributed by atoms with Gasteiger partial charge in [-0.1, -0.05) is 42.5 Å². The molecule has 4 heteroatoms. The van der Waals surface area contributed by atoms with E-state index < -0.39 is 5.97 Å². The molecule has 1 aliphatic rings. The zero-order valence-corrected chi connectivity index (χ0v) is 16.6. The maximum absolute atomic E-state index is 11.0. The van der Waals surface area contributed by atoms with Gasteiger partial charge in [0.1, 0.15) is 18.1 Å². The first-order valence-electron chi connectivity index (χ1n) is 9.78. The van der Waals surface area contributed by atoms with E-state index in [4.69, 9.17) is 14.6 Å². The first-order valence-corrected chi connectivity index (χ1v) is 9.78. The summed E-state index contributed by atoms with van der Waals surface area (Å²) in [5.74, 6) is 0.538. The second-order valence-corrected chi connectivity index (χ2v) is 7.56. The summed E-state index contributed by atoms with van der Waals surface area (Å²) in [6.07, 6.45) is 0.0817. The van der Waals surface area contributed by atoms with Crippen LogP contribution in [0.1, 0.15) is 34.6 Å². The lowest BCUT2D eigenvalue weighted by Gasteiger charge is -2.12. The SMILES string of the molecule is Cc1cccc(C)c1-c1cccc(COc2ccc3c(c2)OC[C@@H]3CC(=O)O)c1. The molecule has 3 aromatic rings. The van der Waals surface area contributed by atoms with Gasteiger partial charge in [0.2, 0.25) is 0 Å². The first-order chi connectivity index (χ1) is 14.0. The predicted octanol–water partition coefficient (Wildman–Crippen LogP) is 5.50. The summed E-state index contributed by atoms with van der Waals surface area (Å²) in [5.41, 5.74) is 7.01. The Labute approximate surface area is 170 Å². The standard InChI is InChI=1S/C25H24O4/c1-16-5-3-6-17(2)25(16)19-8-4-7-18(11-19)14-28-21-9-10-22-20(12-24(26)27)15-29-23(22)13-21/h3-11,13,20H,12,14-15H2,1-2H3,(H,26,27)/t20-/m0/s1. The highest BCUT2D eigenvalue weighted by Crippen LogP contribution is 2.38. The fraction of sp³-hybridized carbons (Fsp3) is 0.240. The molecule has 0 saturated heterocycles. The Balaban J connectivity index is 1.49. The van der Waals surface area contributed by atoms with Gasteiger partial charge in [0.05, 0.1) is 13.0 Å². The fourth-order valence-corrected chi connectivity index (χ4v) is 3.98. The molecule has 1 atom stereocenters. The second-order valence-electron chi connectivity index (χ2n) is 7.56. The zero-order chi connectivity index (χ0) is 20.4. The number of hydrogen-bond donors (Lipinski definition) is 1. The van der Waals surface area contributed by atoms with Crippen molar-refractivity contribution in [3.05, 3.63) is 82.9 Å². The van der Waals surface area contributed by atoms with Crippen LogP contribution in [0.3, 0.4) is 0 Å². The predicted molar refractivity (Wildman–Crippen MR) is 113 cm³/mol. The number of rotatable bonds is 6. The fourth-order valence-electron chi connectivity index (χ4n) is 3.98. The van der Waals surface area contributed by atoms with Crippen LogP contribution in [-0.4, -0.2) is 17.7 Å². The number of benzene rings is 3. The molecular formula is C25H24O4. The number of carboxylic acid groups (broad SMARTS) is 1. The van der Waals surface area contributed by atoms with Crippen molar-refractivity contribution >= 4 is 5.97 Å². The number of fused-ring (bicyclic) bond motifs is 1. The number of carboxylic acids is 1. The minimum absolute atomic E-state index is 0.0817. The third-order valence-corrected chi connectivity index (χ3v) is 5.39. The van der Waals surface area contributed by atoms with Crippen LogP contribution < -0.4 is 9.47 Å². The Kier molecular flexibility index (Phi) is 5.26. The van der Waals surface area contributed by atoms with Crippen LogP contribution in [0, 0.1) is 13.8 Å². The molecule has 0 aromatic heterocycles. The van der Waals surface area contributed by atoms with Crippen molar-refractivity contribution in [2.45, 2.75) is 32.8 Å². The molecule has 4 rings (SSSR count). The van der Waals surface area contributed by atoms with Gasteiger partial charge in [-0.05, 0) is 53.8 Å². The molecule has 1 heterocycles. The van der Waals surface area contributed by atoms with Crippen molar-refractivity contribution in [2.24, 2.45) is 0 Å². The Hall–Kier alpha value is -3.27. The summed E-state index contributed by atoms with van der Waals surface area (Å²) in [6, 6.07) is 20.4. The summed E-state index contributed by atoms with van der Waals surface area (Å²) in [7, 11) is 0. The largest absolute Gasteiger partial charge is 0.492 e. The average molecular weight is 388 g/mol. The van der Waals surface area contributed by atoms with Gasteiger partial charge < -0.3 is 14.6 Å². The van der Waals surface area contributed by atoms with Crippen molar-refractivity contribution in [2.75, 3.05) is 6.61 Å². The lowest BCUT2D eigenvalue weighted by molar-refractivity contribution is -0.137. The van der Waals surface area contributed by atoms with E-state index in [1.165, 1.54) is 22.3 Å². The van der Waals surface area contributed by atoms with Crippen LogP contribution in [0.2, 0.25) is 0 Å². The molecule has 148 valence electrons. The lowest BCUT2D eigenvalue weighted by atomic mass is 9.95. The quantitative estimate of drug-likeness (QED) is 0.606. The normalized spacial score (nSPS) is 14.9. The highest BCUT2D eigenvalue weighted by molar-refractivity contribution is 5.71. The number of aryl methyl sites for hydroxylation is 2. The summed E-state index contributed by atoms with van der Waals surface area (Å²) < 4.78 is 11.7. The molecule has 0 spiro atoms. The lowest BCUT2D eigenvalue weighted by Crippen LogP contribution is -2.07. The van der Waals surface area contributed by atoms with E-state index in [0.29, 0.717) is 13.2 Å². The molecule has 29 heavy (non-hydrogen) atoms. The van der Waals surface area contributed by atoms with Crippen molar-refractivity contribution < 1.29 is 19.4 Å². The maximum atomic E-state index is 11.0. The molecule has 1 aliphatic heterocycles. The summed E-state index contributed by atoms with van der Waals surface area (Å²) in [5, 5.41) is 9.02. The van der Waals surface area contributed by atoms with E-state index in [9.17, 15) is 4.79 Å². The molecule has 4 nitrogen and oxygen atoms in total. The molecule has 3 aromatic carbocycles. The molecule has 0 unspecified atom stereocenters. The van der Waals surface area contributed by atoms with Gasteiger partial charge in [0.25, 0.3) is 0 Å². The molecule has 0 radical (unpaired) electrons. The minimum atomic E-state index is -0.810. The zero-order valence-electron chi connectivity index (χ0n) is 16.6. The minimum Gasteiger partial charge on any atom is -0.492 e. The van der Waals surface area contributed by atoms with Gasteiger partial charge in [-0.3, -0.25) is 4.79 Å². The summed E-state index contributed by atoms with van der Waals surface area (Å²) >= 11 is 0. The van der Waals surface area contributed by atoms with Crippen molar-refractivity contribution in [1.82, 2.24) is 0 Å². The topological polar surface area (TPSA) is 55.8 Å². The van der Waals surface area contributed by atoms with E-state index in [1.807, 2.05) is 18.2 Å². The Morgan fingerprint density at radius 3 is 2.59 bits per heavy atom. The average Bonchev–Trinajstić information content (AvgIpc) is 3.08. The highest BCUT2D eigenvalue weighted by atomic mass is 16.5. The number of ether oxygens (including phenoxy) is 2. The van der Waals surface area contributed by atoms with E-state index in [0.717, 1.165) is 22.6 Å². The van der Waals surface area contributed by atoms with Crippen molar-refractivity contribution in [1.29, 1.82) is 0 Å². The van der Waals surface area contributed by atoms with E-state index >= 15 is 0 Å². The van der Waals surface area contributed by atoms with Crippen LogP contribution in [0.25, 0.3) is 11.1 Å². The monoisotopic (exact) mass is 388 g/mol. The molecule has 0 bridgehead atoms. The Morgan fingerprint density at radius 2 is 1.83 bits per heavy atom. The number of carbonyl (C=O) groups is 1.